The second-order valence-electron chi connectivity index (χ2n) is 3.97. The average Bonchev–Trinajstić information content (AvgIpc) is 2.73. The zero-order valence-corrected chi connectivity index (χ0v) is 10.2. The Kier molecular flexibility index (Phi) is 3.41. The highest BCUT2D eigenvalue weighted by Gasteiger charge is 2.18. The summed E-state index contributed by atoms with van der Waals surface area (Å²) in [5, 5.41) is 6.69. The summed E-state index contributed by atoms with van der Waals surface area (Å²) in [6.45, 7) is 1.83. The fourth-order valence-electron chi connectivity index (χ4n) is 1.74. The van der Waals surface area contributed by atoms with E-state index in [1.807, 2.05) is 6.92 Å². The van der Waals surface area contributed by atoms with Crippen molar-refractivity contribution in [2.45, 2.75) is 13.3 Å². The number of benzene rings is 1. The molecule has 0 radical (unpaired) electrons. The Morgan fingerprint density at radius 1 is 1.39 bits per heavy atom. The van der Waals surface area contributed by atoms with Crippen LogP contribution < -0.4 is 0 Å². The van der Waals surface area contributed by atoms with Gasteiger partial charge < -0.3 is 4.74 Å². The van der Waals surface area contributed by atoms with Crippen molar-refractivity contribution in [2.75, 3.05) is 7.11 Å². The van der Waals surface area contributed by atoms with E-state index in [1.54, 1.807) is 12.1 Å². The Balaban J connectivity index is 2.31. The maximum atomic E-state index is 12.8. The van der Waals surface area contributed by atoms with Crippen molar-refractivity contribution in [2.24, 2.45) is 0 Å². The number of aromatic nitrogens is 2. The van der Waals surface area contributed by atoms with Gasteiger partial charge in [-0.1, -0.05) is 12.1 Å². The predicted octanol–water partition coefficient (Wildman–Crippen LogP) is 2.23. The lowest BCUT2D eigenvalue weighted by Crippen LogP contribution is -2.06. The highest BCUT2D eigenvalue weighted by Crippen LogP contribution is 2.17. The molecule has 0 fully saturated rings. The summed E-state index contributed by atoms with van der Waals surface area (Å²) in [4.78, 5) is 11.5. The van der Waals surface area contributed by atoms with E-state index in [9.17, 15) is 9.18 Å². The summed E-state index contributed by atoms with van der Waals surface area (Å²) >= 11 is 0. The number of carbonyl (C=O) groups excluding carboxylic acids is 1. The summed E-state index contributed by atoms with van der Waals surface area (Å²) < 4.78 is 17.5. The van der Waals surface area contributed by atoms with Gasteiger partial charge >= 0.3 is 5.97 Å². The molecular formula is C13H13FN2O2. The van der Waals surface area contributed by atoms with Crippen LogP contribution in [0, 0.1) is 12.7 Å². The zero-order chi connectivity index (χ0) is 13.1. The molecule has 0 aliphatic rings. The molecule has 0 saturated heterocycles. The van der Waals surface area contributed by atoms with Gasteiger partial charge in [-0.15, -0.1) is 0 Å². The van der Waals surface area contributed by atoms with E-state index in [2.05, 4.69) is 14.9 Å². The number of rotatable bonds is 3. The Morgan fingerprint density at radius 3 is 2.67 bits per heavy atom. The van der Waals surface area contributed by atoms with Crippen LogP contribution in [0.3, 0.4) is 0 Å². The van der Waals surface area contributed by atoms with E-state index < -0.39 is 5.97 Å². The molecular weight excluding hydrogens is 235 g/mol. The van der Waals surface area contributed by atoms with Gasteiger partial charge in [0.15, 0.2) is 5.69 Å². The van der Waals surface area contributed by atoms with Crippen LogP contribution in [0.4, 0.5) is 4.39 Å². The molecule has 94 valence electrons. The third-order valence-electron chi connectivity index (χ3n) is 2.75. The quantitative estimate of drug-likeness (QED) is 0.847. The molecule has 0 atom stereocenters. The molecule has 0 spiro atoms. The van der Waals surface area contributed by atoms with E-state index in [4.69, 9.17) is 0 Å². The van der Waals surface area contributed by atoms with Crippen molar-refractivity contribution in [1.29, 1.82) is 0 Å². The molecule has 4 nitrogen and oxygen atoms in total. The number of ether oxygens (including phenoxy) is 1. The van der Waals surface area contributed by atoms with Gasteiger partial charge in [0, 0.05) is 17.7 Å². The Morgan fingerprint density at radius 2 is 2.06 bits per heavy atom. The Hall–Kier alpha value is -2.17. The molecule has 0 amide bonds. The number of H-pyrrole nitrogens is 1. The minimum Gasteiger partial charge on any atom is -0.464 e. The van der Waals surface area contributed by atoms with Gasteiger partial charge in [0.1, 0.15) is 5.82 Å². The lowest BCUT2D eigenvalue weighted by molar-refractivity contribution is 0.0593. The molecule has 1 heterocycles. The van der Waals surface area contributed by atoms with Crippen molar-refractivity contribution < 1.29 is 13.9 Å². The number of nitrogens with zero attached hydrogens (tertiary/aromatic N) is 1. The molecule has 0 saturated carbocycles. The zero-order valence-electron chi connectivity index (χ0n) is 10.2. The van der Waals surface area contributed by atoms with Crippen LogP contribution in [0.1, 0.15) is 27.3 Å². The monoisotopic (exact) mass is 248 g/mol. The van der Waals surface area contributed by atoms with Crippen molar-refractivity contribution in [3.05, 3.63) is 52.6 Å². The van der Waals surface area contributed by atoms with Gasteiger partial charge in [-0.2, -0.15) is 5.10 Å². The first-order chi connectivity index (χ1) is 8.61. The second-order valence-corrected chi connectivity index (χ2v) is 3.97. The van der Waals surface area contributed by atoms with Crippen LogP contribution in [0.2, 0.25) is 0 Å². The third-order valence-corrected chi connectivity index (χ3v) is 2.75. The predicted molar refractivity (Wildman–Crippen MR) is 63.9 cm³/mol. The van der Waals surface area contributed by atoms with E-state index in [0.29, 0.717) is 6.42 Å². The van der Waals surface area contributed by atoms with Crippen molar-refractivity contribution >= 4 is 5.97 Å². The first kappa shape index (κ1) is 12.3. The fraction of sp³-hybridized carbons (Fsp3) is 0.231. The average molecular weight is 248 g/mol. The molecule has 2 aromatic rings. The maximum absolute atomic E-state index is 12.8. The van der Waals surface area contributed by atoms with Crippen LogP contribution in [-0.2, 0) is 11.2 Å². The molecule has 1 aromatic heterocycles. The van der Waals surface area contributed by atoms with Crippen molar-refractivity contribution in [3.63, 3.8) is 0 Å². The lowest BCUT2D eigenvalue weighted by Gasteiger charge is -2.03. The molecule has 18 heavy (non-hydrogen) atoms. The standard InChI is InChI=1S/C13H13FN2O2/c1-8-11(12(16-15-8)13(17)18-2)7-9-3-5-10(14)6-4-9/h3-6H,7H2,1-2H3,(H,15,16). The molecule has 0 aliphatic carbocycles. The van der Waals surface area contributed by atoms with Gasteiger partial charge in [0.25, 0.3) is 0 Å². The van der Waals surface area contributed by atoms with Crippen LogP contribution in [-0.4, -0.2) is 23.3 Å². The number of esters is 1. The van der Waals surface area contributed by atoms with Crippen LogP contribution in [0.5, 0.6) is 0 Å². The molecule has 0 bridgehead atoms. The van der Waals surface area contributed by atoms with Gasteiger partial charge in [-0.3, -0.25) is 5.10 Å². The summed E-state index contributed by atoms with van der Waals surface area (Å²) in [6.07, 6.45) is 0.507. The minimum absolute atomic E-state index is 0.277. The number of nitrogens with one attached hydrogen (secondary N) is 1. The SMILES string of the molecule is COC(=O)c1n[nH]c(C)c1Cc1ccc(F)cc1. The van der Waals surface area contributed by atoms with Gasteiger partial charge in [-0.25, -0.2) is 9.18 Å². The number of aromatic amines is 1. The van der Waals surface area contributed by atoms with E-state index in [1.165, 1.54) is 19.2 Å². The van der Waals surface area contributed by atoms with Crippen LogP contribution in [0.25, 0.3) is 0 Å². The van der Waals surface area contributed by atoms with Gasteiger partial charge in [0.2, 0.25) is 0 Å². The van der Waals surface area contributed by atoms with Gasteiger partial charge in [0.05, 0.1) is 7.11 Å². The summed E-state index contributed by atoms with van der Waals surface area (Å²) in [5.41, 5.74) is 2.76. The lowest BCUT2D eigenvalue weighted by atomic mass is 10.0. The summed E-state index contributed by atoms with van der Waals surface area (Å²) in [5.74, 6) is -0.757. The highest BCUT2D eigenvalue weighted by atomic mass is 19.1. The fourth-order valence-corrected chi connectivity index (χ4v) is 1.74. The molecule has 5 heteroatoms. The second kappa shape index (κ2) is 5.00. The number of halogens is 1. The van der Waals surface area contributed by atoms with Gasteiger partial charge in [-0.05, 0) is 24.6 Å². The van der Waals surface area contributed by atoms with Crippen molar-refractivity contribution in [3.8, 4) is 0 Å². The van der Waals surface area contributed by atoms with E-state index in [0.717, 1.165) is 16.8 Å². The third kappa shape index (κ3) is 2.40. The Labute approximate surface area is 104 Å². The van der Waals surface area contributed by atoms with E-state index >= 15 is 0 Å². The molecule has 0 unspecified atom stereocenters. The molecule has 0 aliphatic heterocycles. The largest absolute Gasteiger partial charge is 0.464 e. The topological polar surface area (TPSA) is 55.0 Å². The Bertz CT molecular complexity index is 561. The first-order valence-corrected chi connectivity index (χ1v) is 5.48. The van der Waals surface area contributed by atoms with E-state index in [-0.39, 0.29) is 11.5 Å². The normalized spacial score (nSPS) is 10.4. The number of methoxy groups -OCH3 is 1. The van der Waals surface area contributed by atoms with Crippen LogP contribution in [0.15, 0.2) is 24.3 Å². The highest BCUT2D eigenvalue weighted by molar-refractivity contribution is 5.89. The molecule has 1 aromatic carbocycles. The minimum atomic E-state index is -0.475. The number of hydrogen-bond donors (Lipinski definition) is 1. The molecule has 1 N–H and O–H groups in total. The summed E-state index contributed by atoms with van der Waals surface area (Å²) in [6, 6.07) is 6.15. The van der Waals surface area contributed by atoms with Crippen molar-refractivity contribution in [1.82, 2.24) is 10.2 Å². The first-order valence-electron chi connectivity index (χ1n) is 5.48. The number of carbonyl (C=O) groups is 1. The molecule has 2 rings (SSSR count). The maximum Gasteiger partial charge on any atom is 0.358 e. The number of aryl methyl sites for hydroxylation is 1. The van der Waals surface area contributed by atoms with Crippen LogP contribution >= 0.6 is 0 Å². The summed E-state index contributed by atoms with van der Waals surface area (Å²) in [7, 11) is 1.31. The number of hydrogen-bond acceptors (Lipinski definition) is 3. The smallest absolute Gasteiger partial charge is 0.358 e.